The van der Waals surface area contributed by atoms with E-state index >= 15 is 0 Å². The molecule has 1 heterocycles. The second-order valence-electron chi connectivity index (χ2n) is 6.08. The Kier molecular flexibility index (Phi) is 5.37. The highest BCUT2D eigenvalue weighted by molar-refractivity contribution is 6.04. The number of hydrogen-bond donors (Lipinski definition) is 1. The summed E-state index contributed by atoms with van der Waals surface area (Å²) >= 11 is 0. The van der Waals surface area contributed by atoms with Gasteiger partial charge in [0.25, 0.3) is 5.91 Å². The van der Waals surface area contributed by atoms with Crippen molar-refractivity contribution >= 4 is 11.6 Å². The largest absolute Gasteiger partial charge is 0.489 e. The van der Waals surface area contributed by atoms with Crippen LogP contribution in [-0.2, 0) is 13.0 Å². The fourth-order valence-electron chi connectivity index (χ4n) is 2.74. The molecule has 0 saturated carbocycles. The number of carbonyl (C=O) groups excluding carboxylic acids is 1. The summed E-state index contributed by atoms with van der Waals surface area (Å²) in [7, 11) is 0. The molecule has 0 radical (unpaired) electrons. The van der Waals surface area contributed by atoms with Crippen molar-refractivity contribution in [2.24, 2.45) is 0 Å². The summed E-state index contributed by atoms with van der Waals surface area (Å²) in [4.78, 5) is 12.6. The summed E-state index contributed by atoms with van der Waals surface area (Å²) in [6.07, 6.45) is 0.858. The number of carbonyl (C=O) groups is 1. The van der Waals surface area contributed by atoms with Crippen molar-refractivity contribution in [3.8, 4) is 5.75 Å². The minimum atomic E-state index is -0.159. The first-order valence-electron chi connectivity index (χ1n) is 8.62. The maximum atomic E-state index is 12.6. The summed E-state index contributed by atoms with van der Waals surface area (Å²) in [6.45, 7) is 6.15. The van der Waals surface area contributed by atoms with Gasteiger partial charge in [0, 0.05) is 11.3 Å². The molecule has 0 aliphatic heterocycles. The van der Waals surface area contributed by atoms with Gasteiger partial charge in [-0.2, -0.15) is 0 Å². The lowest BCUT2D eigenvalue weighted by Gasteiger charge is -2.11. The Hall–Kier alpha value is -3.08. The molecule has 2 aromatic carbocycles. The molecule has 5 heteroatoms. The van der Waals surface area contributed by atoms with Crippen LogP contribution in [0.25, 0.3) is 0 Å². The molecule has 0 saturated heterocycles. The van der Waals surface area contributed by atoms with Crippen LogP contribution in [0.3, 0.4) is 0 Å². The second-order valence-corrected chi connectivity index (χ2v) is 6.08. The number of amides is 1. The summed E-state index contributed by atoms with van der Waals surface area (Å²) in [5.41, 5.74) is 4.23. The molecule has 0 unspecified atom stereocenters. The van der Waals surface area contributed by atoms with Crippen LogP contribution in [0.2, 0.25) is 0 Å². The first-order valence-corrected chi connectivity index (χ1v) is 8.62. The van der Waals surface area contributed by atoms with Crippen molar-refractivity contribution in [2.45, 2.75) is 33.8 Å². The molecule has 0 fully saturated rings. The standard InChI is InChI=1S/C21H22N2O3/c1-4-16-8-5-6-11-20(16)22-21(24)17-9-7-10-18(12-17)25-13-19-14(2)23-26-15(19)3/h5-12H,4,13H2,1-3H3,(H,22,24). The Bertz CT molecular complexity index is 896. The average Bonchev–Trinajstić information content (AvgIpc) is 2.98. The Labute approximate surface area is 153 Å². The number of benzene rings is 2. The first-order chi connectivity index (χ1) is 12.6. The van der Waals surface area contributed by atoms with Crippen molar-refractivity contribution in [2.75, 3.05) is 5.32 Å². The number of ether oxygens (including phenoxy) is 1. The summed E-state index contributed by atoms with van der Waals surface area (Å²) in [5.74, 6) is 1.21. The van der Waals surface area contributed by atoms with Gasteiger partial charge in [0.2, 0.25) is 0 Å². The molecule has 0 bridgehead atoms. The maximum absolute atomic E-state index is 12.6. The molecule has 0 aliphatic carbocycles. The van der Waals surface area contributed by atoms with Crippen LogP contribution < -0.4 is 10.1 Å². The Morgan fingerprint density at radius 1 is 1.15 bits per heavy atom. The molecule has 0 aliphatic rings. The minimum absolute atomic E-state index is 0.159. The van der Waals surface area contributed by atoms with Gasteiger partial charge in [0.1, 0.15) is 18.1 Å². The molecule has 1 amide bonds. The van der Waals surface area contributed by atoms with Crippen LogP contribution in [0.5, 0.6) is 5.75 Å². The van der Waals surface area contributed by atoms with Crippen molar-refractivity contribution in [1.29, 1.82) is 0 Å². The summed E-state index contributed by atoms with van der Waals surface area (Å²) in [5, 5.41) is 6.89. The van der Waals surface area contributed by atoms with E-state index in [2.05, 4.69) is 17.4 Å². The SMILES string of the molecule is CCc1ccccc1NC(=O)c1cccc(OCc2c(C)noc2C)c1. The molecule has 26 heavy (non-hydrogen) atoms. The molecule has 0 spiro atoms. The lowest BCUT2D eigenvalue weighted by atomic mass is 10.1. The third-order valence-electron chi connectivity index (χ3n) is 4.31. The van der Waals surface area contributed by atoms with Crippen LogP contribution in [-0.4, -0.2) is 11.1 Å². The molecule has 1 N–H and O–H groups in total. The number of nitrogens with zero attached hydrogens (tertiary/aromatic N) is 1. The quantitative estimate of drug-likeness (QED) is 0.701. The Morgan fingerprint density at radius 2 is 1.96 bits per heavy atom. The molecule has 3 aromatic rings. The zero-order valence-electron chi connectivity index (χ0n) is 15.2. The normalized spacial score (nSPS) is 10.6. The van der Waals surface area contributed by atoms with Gasteiger partial charge in [-0.25, -0.2) is 0 Å². The van der Waals surface area contributed by atoms with Gasteiger partial charge >= 0.3 is 0 Å². The van der Waals surface area contributed by atoms with E-state index in [4.69, 9.17) is 9.26 Å². The fraction of sp³-hybridized carbons (Fsp3) is 0.238. The number of aryl methyl sites for hydroxylation is 3. The molecule has 0 atom stereocenters. The zero-order chi connectivity index (χ0) is 18.5. The Balaban J connectivity index is 1.71. The highest BCUT2D eigenvalue weighted by Gasteiger charge is 2.12. The van der Waals surface area contributed by atoms with Gasteiger partial charge in [-0.05, 0) is 50.1 Å². The topological polar surface area (TPSA) is 64.4 Å². The second kappa shape index (κ2) is 7.87. The van der Waals surface area contributed by atoms with Gasteiger partial charge in [0.05, 0.1) is 11.3 Å². The molecule has 3 rings (SSSR count). The Morgan fingerprint density at radius 3 is 2.69 bits per heavy atom. The van der Waals surface area contributed by atoms with Crippen LogP contribution in [0, 0.1) is 13.8 Å². The van der Waals surface area contributed by atoms with E-state index in [1.54, 1.807) is 12.1 Å². The maximum Gasteiger partial charge on any atom is 0.255 e. The third kappa shape index (κ3) is 3.94. The number of para-hydroxylation sites is 1. The summed E-state index contributed by atoms with van der Waals surface area (Å²) < 4.78 is 11.0. The number of rotatable bonds is 6. The molecule has 134 valence electrons. The molecular formula is C21H22N2O3. The van der Waals surface area contributed by atoms with E-state index in [9.17, 15) is 4.79 Å². The van der Waals surface area contributed by atoms with Crippen molar-refractivity contribution < 1.29 is 14.1 Å². The number of anilines is 1. The van der Waals surface area contributed by atoms with Gasteiger partial charge < -0.3 is 14.6 Å². The van der Waals surface area contributed by atoms with Crippen LogP contribution >= 0.6 is 0 Å². The lowest BCUT2D eigenvalue weighted by Crippen LogP contribution is -2.13. The highest BCUT2D eigenvalue weighted by Crippen LogP contribution is 2.20. The molecule has 5 nitrogen and oxygen atoms in total. The van der Waals surface area contributed by atoms with Gasteiger partial charge in [-0.15, -0.1) is 0 Å². The van der Waals surface area contributed by atoms with Crippen molar-refractivity contribution in [1.82, 2.24) is 5.16 Å². The van der Waals surface area contributed by atoms with Crippen molar-refractivity contribution in [3.05, 3.63) is 76.7 Å². The first kappa shape index (κ1) is 17.7. The molecule has 1 aromatic heterocycles. The number of aromatic nitrogens is 1. The van der Waals surface area contributed by atoms with E-state index in [0.717, 1.165) is 34.7 Å². The van der Waals surface area contributed by atoms with E-state index < -0.39 is 0 Å². The summed E-state index contributed by atoms with van der Waals surface area (Å²) in [6, 6.07) is 15.0. The zero-order valence-corrected chi connectivity index (χ0v) is 15.2. The predicted octanol–water partition coefficient (Wildman–Crippen LogP) is 4.69. The minimum Gasteiger partial charge on any atom is -0.489 e. The van der Waals surface area contributed by atoms with Crippen molar-refractivity contribution in [3.63, 3.8) is 0 Å². The fourth-order valence-corrected chi connectivity index (χ4v) is 2.74. The third-order valence-corrected chi connectivity index (χ3v) is 4.31. The predicted molar refractivity (Wildman–Crippen MR) is 101 cm³/mol. The van der Waals surface area contributed by atoms with E-state index in [-0.39, 0.29) is 5.91 Å². The average molecular weight is 350 g/mol. The molecular weight excluding hydrogens is 328 g/mol. The van der Waals surface area contributed by atoms with E-state index in [1.807, 2.05) is 50.2 Å². The van der Waals surface area contributed by atoms with Gasteiger partial charge in [-0.3, -0.25) is 4.79 Å². The van der Waals surface area contributed by atoms with E-state index in [1.165, 1.54) is 0 Å². The number of hydrogen-bond acceptors (Lipinski definition) is 4. The smallest absolute Gasteiger partial charge is 0.255 e. The van der Waals surface area contributed by atoms with Crippen LogP contribution in [0.4, 0.5) is 5.69 Å². The van der Waals surface area contributed by atoms with Crippen LogP contribution in [0.1, 0.15) is 39.9 Å². The van der Waals surface area contributed by atoms with Crippen LogP contribution in [0.15, 0.2) is 53.1 Å². The lowest BCUT2D eigenvalue weighted by molar-refractivity contribution is 0.102. The highest BCUT2D eigenvalue weighted by atomic mass is 16.5. The van der Waals surface area contributed by atoms with Gasteiger partial charge in [0.15, 0.2) is 0 Å². The van der Waals surface area contributed by atoms with Gasteiger partial charge in [-0.1, -0.05) is 36.3 Å². The number of nitrogens with one attached hydrogen (secondary N) is 1. The monoisotopic (exact) mass is 350 g/mol. The van der Waals surface area contributed by atoms with E-state index in [0.29, 0.717) is 17.9 Å².